The molecule has 2 heterocycles. The van der Waals surface area contributed by atoms with Crippen LogP contribution in [0.4, 0.5) is 0 Å². The number of hydrogen-bond acceptors (Lipinski definition) is 4. The summed E-state index contributed by atoms with van der Waals surface area (Å²) in [5.41, 5.74) is 0.224. The van der Waals surface area contributed by atoms with Crippen LogP contribution < -0.4 is 5.32 Å². The topological polar surface area (TPSA) is 64.1 Å². The normalized spacial score (nSPS) is 20.7. The van der Waals surface area contributed by atoms with Crippen molar-refractivity contribution in [2.75, 3.05) is 6.61 Å². The monoisotopic (exact) mass is 289 g/mol. The predicted octanol–water partition coefficient (Wildman–Crippen LogP) is 2.08. The van der Waals surface area contributed by atoms with Crippen molar-refractivity contribution in [2.45, 2.75) is 31.9 Å². The van der Waals surface area contributed by atoms with Crippen molar-refractivity contribution in [3.05, 3.63) is 21.9 Å². The van der Waals surface area contributed by atoms with E-state index in [4.69, 9.17) is 27.9 Å². The second-order valence-corrected chi connectivity index (χ2v) is 4.93. The lowest BCUT2D eigenvalue weighted by Crippen LogP contribution is -2.41. The van der Waals surface area contributed by atoms with Gasteiger partial charge in [0.1, 0.15) is 0 Å². The average Bonchev–Trinajstić information content (AvgIpc) is 2.85. The molecule has 98 valence electrons. The van der Waals surface area contributed by atoms with Crippen LogP contribution in [0.3, 0.4) is 0 Å². The Bertz CT molecular complexity index is 450. The van der Waals surface area contributed by atoms with E-state index >= 15 is 0 Å². The number of halogens is 2. The fourth-order valence-corrected chi connectivity index (χ4v) is 2.21. The van der Waals surface area contributed by atoms with Crippen molar-refractivity contribution in [1.82, 2.24) is 15.5 Å². The smallest absolute Gasteiger partial charge is 0.254 e. The zero-order valence-electron chi connectivity index (χ0n) is 9.82. The van der Waals surface area contributed by atoms with E-state index in [1.165, 1.54) is 6.07 Å². The number of nitrogens with one attached hydrogen (secondary N) is 1. The Balaban J connectivity index is 2.04. The van der Waals surface area contributed by atoms with Gasteiger partial charge in [-0.1, -0.05) is 23.2 Å². The summed E-state index contributed by atoms with van der Waals surface area (Å²) in [5, 5.41) is 10.2. The highest BCUT2D eigenvalue weighted by atomic mass is 35.5. The number of hydrogen-bond donors (Lipinski definition) is 1. The quantitative estimate of drug-likeness (QED) is 0.925. The number of rotatable bonds is 3. The van der Waals surface area contributed by atoms with E-state index in [-0.39, 0.29) is 33.9 Å². The molecule has 0 aliphatic carbocycles. The van der Waals surface area contributed by atoms with Gasteiger partial charge in [-0.3, -0.25) is 4.79 Å². The number of amides is 1. The van der Waals surface area contributed by atoms with Crippen molar-refractivity contribution in [3.8, 4) is 0 Å². The second kappa shape index (κ2) is 5.82. The first kappa shape index (κ1) is 13.5. The summed E-state index contributed by atoms with van der Waals surface area (Å²) in [6, 6.07) is 1.32. The summed E-state index contributed by atoms with van der Waals surface area (Å²) in [5.74, 6) is -0.320. The molecule has 2 unspecified atom stereocenters. The van der Waals surface area contributed by atoms with Crippen LogP contribution in [0.5, 0.6) is 0 Å². The number of nitrogens with zero attached hydrogens (tertiary/aromatic N) is 2. The summed E-state index contributed by atoms with van der Waals surface area (Å²) in [7, 11) is 0. The van der Waals surface area contributed by atoms with Crippen molar-refractivity contribution in [2.24, 2.45) is 0 Å². The molecule has 2 atom stereocenters. The van der Waals surface area contributed by atoms with Crippen molar-refractivity contribution in [1.29, 1.82) is 0 Å². The Morgan fingerprint density at radius 2 is 2.33 bits per heavy atom. The molecule has 0 saturated carbocycles. The molecule has 1 saturated heterocycles. The van der Waals surface area contributed by atoms with Crippen LogP contribution in [-0.2, 0) is 4.74 Å². The van der Waals surface area contributed by atoms with Gasteiger partial charge < -0.3 is 10.1 Å². The maximum absolute atomic E-state index is 12.0. The minimum atomic E-state index is -0.320. The van der Waals surface area contributed by atoms with E-state index in [1.54, 1.807) is 0 Å². The molecule has 1 aromatic heterocycles. The fourth-order valence-electron chi connectivity index (χ4n) is 1.89. The molecule has 7 heteroatoms. The van der Waals surface area contributed by atoms with Crippen LogP contribution in [0.25, 0.3) is 0 Å². The average molecular weight is 290 g/mol. The molecule has 5 nitrogen and oxygen atoms in total. The second-order valence-electron chi connectivity index (χ2n) is 4.19. The lowest BCUT2D eigenvalue weighted by molar-refractivity contribution is 0.0712. The van der Waals surface area contributed by atoms with E-state index in [0.29, 0.717) is 0 Å². The van der Waals surface area contributed by atoms with Crippen LogP contribution in [-0.4, -0.2) is 34.9 Å². The number of carbonyl (C=O) groups is 1. The summed E-state index contributed by atoms with van der Waals surface area (Å²) < 4.78 is 5.50. The molecule has 1 aromatic rings. The lowest BCUT2D eigenvalue weighted by Gasteiger charge is -2.20. The predicted molar refractivity (Wildman–Crippen MR) is 68.0 cm³/mol. The SMILES string of the molecule is CC(NC(=O)c1cc(Cl)nnc1Cl)C1CCCO1. The third-order valence-corrected chi connectivity index (χ3v) is 3.31. The molecule has 1 N–H and O–H groups in total. The molecule has 0 bridgehead atoms. The highest BCUT2D eigenvalue weighted by Gasteiger charge is 2.25. The van der Waals surface area contributed by atoms with E-state index < -0.39 is 0 Å². The van der Waals surface area contributed by atoms with Crippen molar-refractivity contribution >= 4 is 29.1 Å². The van der Waals surface area contributed by atoms with E-state index in [2.05, 4.69) is 15.5 Å². The highest BCUT2D eigenvalue weighted by molar-refractivity contribution is 6.34. The highest BCUT2D eigenvalue weighted by Crippen LogP contribution is 2.18. The molecule has 2 rings (SSSR count). The Kier molecular flexibility index (Phi) is 4.37. The van der Waals surface area contributed by atoms with Gasteiger partial charge in [-0.05, 0) is 25.8 Å². The van der Waals surface area contributed by atoms with Crippen LogP contribution in [0, 0.1) is 0 Å². The standard InChI is InChI=1S/C11H13Cl2N3O2/c1-6(8-3-2-4-18-8)14-11(17)7-5-9(12)15-16-10(7)13/h5-6,8H,2-4H2,1H3,(H,14,17). The number of aromatic nitrogens is 2. The lowest BCUT2D eigenvalue weighted by atomic mass is 10.1. The molecule has 1 fully saturated rings. The molecule has 1 aliphatic heterocycles. The zero-order chi connectivity index (χ0) is 13.1. The van der Waals surface area contributed by atoms with Gasteiger partial charge in [0, 0.05) is 6.61 Å². The maximum Gasteiger partial charge on any atom is 0.254 e. The minimum absolute atomic E-state index is 0.0384. The Hall–Kier alpha value is -0.910. The fraction of sp³-hybridized carbons (Fsp3) is 0.545. The summed E-state index contributed by atoms with van der Waals surface area (Å²) in [6.45, 7) is 2.65. The van der Waals surface area contributed by atoms with Crippen LogP contribution in [0.1, 0.15) is 30.1 Å². The van der Waals surface area contributed by atoms with E-state index in [9.17, 15) is 4.79 Å². The largest absolute Gasteiger partial charge is 0.376 e. The Labute approximate surface area is 115 Å². The van der Waals surface area contributed by atoms with Crippen LogP contribution in [0.15, 0.2) is 6.07 Å². The molecule has 0 radical (unpaired) electrons. The molecule has 18 heavy (non-hydrogen) atoms. The molecule has 1 aliphatic rings. The molecule has 0 aromatic carbocycles. The third-order valence-electron chi connectivity index (χ3n) is 2.84. The Morgan fingerprint density at radius 1 is 1.56 bits per heavy atom. The first-order valence-corrected chi connectivity index (χ1v) is 6.44. The number of ether oxygens (including phenoxy) is 1. The Morgan fingerprint density at radius 3 is 3.00 bits per heavy atom. The molecule has 1 amide bonds. The van der Waals surface area contributed by atoms with Gasteiger partial charge in [0.25, 0.3) is 5.91 Å². The van der Waals surface area contributed by atoms with Gasteiger partial charge in [-0.2, -0.15) is 0 Å². The van der Waals surface area contributed by atoms with Gasteiger partial charge in [0.15, 0.2) is 10.3 Å². The van der Waals surface area contributed by atoms with Crippen LogP contribution in [0.2, 0.25) is 10.3 Å². The minimum Gasteiger partial charge on any atom is -0.376 e. The van der Waals surface area contributed by atoms with E-state index in [0.717, 1.165) is 19.4 Å². The maximum atomic E-state index is 12.0. The first-order chi connectivity index (χ1) is 8.58. The molecular weight excluding hydrogens is 277 g/mol. The van der Waals surface area contributed by atoms with Gasteiger partial charge in [0.05, 0.1) is 17.7 Å². The molecular formula is C11H13Cl2N3O2. The van der Waals surface area contributed by atoms with Gasteiger partial charge in [-0.15, -0.1) is 10.2 Å². The summed E-state index contributed by atoms with van der Waals surface area (Å²) in [6.07, 6.45) is 2.02. The van der Waals surface area contributed by atoms with Crippen molar-refractivity contribution in [3.63, 3.8) is 0 Å². The zero-order valence-corrected chi connectivity index (χ0v) is 11.3. The summed E-state index contributed by atoms with van der Waals surface area (Å²) in [4.78, 5) is 12.0. The number of carbonyl (C=O) groups excluding carboxylic acids is 1. The molecule has 0 spiro atoms. The van der Waals surface area contributed by atoms with Crippen LogP contribution >= 0.6 is 23.2 Å². The van der Waals surface area contributed by atoms with Crippen molar-refractivity contribution < 1.29 is 9.53 Å². The first-order valence-electron chi connectivity index (χ1n) is 5.69. The van der Waals surface area contributed by atoms with Gasteiger partial charge >= 0.3 is 0 Å². The van der Waals surface area contributed by atoms with Gasteiger partial charge in [0.2, 0.25) is 0 Å². The third kappa shape index (κ3) is 3.10. The summed E-state index contributed by atoms with van der Waals surface area (Å²) >= 11 is 11.5. The van der Waals surface area contributed by atoms with E-state index in [1.807, 2.05) is 6.92 Å². The van der Waals surface area contributed by atoms with Gasteiger partial charge in [-0.25, -0.2) is 0 Å².